The van der Waals surface area contributed by atoms with Crippen LogP contribution in [0.3, 0.4) is 0 Å². The Morgan fingerprint density at radius 2 is 1.81 bits per heavy atom. The third kappa shape index (κ3) is 2.99. The quantitative estimate of drug-likeness (QED) is 0.902. The third-order valence-electron chi connectivity index (χ3n) is 4.02. The highest BCUT2D eigenvalue weighted by atomic mass is 15.0. The van der Waals surface area contributed by atoms with Crippen molar-refractivity contribution in [2.45, 2.75) is 25.7 Å². The van der Waals surface area contributed by atoms with E-state index in [1.165, 1.54) is 16.7 Å². The highest BCUT2D eigenvalue weighted by molar-refractivity contribution is 6.00. The lowest BCUT2D eigenvalue weighted by molar-refractivity contribution is 0.734. The zero-order valence-electron chi connectivity index (χ0n) is 12.5. The van der Waals surface area contributed by atoms with Crippen molar-refractivity contribution in [3.05, 3.63) is 71.3 Å². The van der Waals surface area contributed by atoms with Gasteiger partial charge >= 0.3 is 0 Å². The smallest absolute Gasteiger partial charge is 0.128 e. The first-order valence-corrected chi connectivity index (χ1v) is 7.82. The maximum absolute atomic E-state index is 4.78. The minimum atomic E-state index is 0.437. The fourth-order valence-electron chi connectivity index (χ4n) is 2.99. The van der Waals surface area contributed by atoms with Crippen molar-refractivity contribution in [3.63, 3.8) is 0 Å². The van der Waals surface area contributed by atoms with E-state index in [1.54, 1.807) is 0 Å². The van der Waals surface area contributed by atoms with Crippen LogP contribution in [0.25, 0.3) is 0 Å². The van der Waals surface area contributed by atoms with Crippen LogP contribution in [0, 0.1) is 0 Å². The summed E-state index contributed by atoms with van der Waals surface area (Å²) < 4.78 is 0. The summed E-state index contributed by atoms with van der Waals surface area (Å²) in [6.07, 6.45) is 2.18. The van der Waals surface area contributed by atoms with Gasteiger partial charge in [-0.05, 0) is 24.0 Å². The molecule has 3 rings (SSSR count). The van der Waals surface area contributed by atoms with E-state index in [-0.39, 0.29) is 0 Å². The molecule has 108 valence electrons. The Bertz CT molecular complexity index is 616. The molecule has 2 aromatic carbocycles. The van der Waals surface area contributed by atoms with Gasteiger partial charge in [-0.1, -0.05) is 61.5 Å². The number of fused-ring (bicyclic) bond motifs is 1. The van der Waals surface area contributed by atoms with Crippen LogP contribution in [-0.2, 0) is 0 Å². The summed E-state index contributed by atoms with van der Waals surface area (Å²) in [4.78, 5) is 4.78. The van der Waals surface area contributed by atoms with Crippen LogP contribution < -0.4 is 5.32 Å². The van der Waals surface area contributed by atoms with Gasteiger partial charge in [0.2, 0.25) is 0 Å². The van der Waals surface area contributed by atoms with Crippen molar-refractivity contribution in [2.75, 3.05) is 13.1 Å². The Kier molecular flexibility index (Phi) is 4.34. The molecule has 1 unspecified atom stereocenters. The Morgan fingerprint density at radius 3 is 2.62 bits per heavy atom. The fraction of sp³-hybridized carbons (Fsp3) is 0.316. The molecular formula is C19H22N2. The predicted molar refractivity (Wildman–Crippen MR) is 89.0 cm³/mol. The molecular weight excluding hydrogens is 256 g/mol. The summed E-state index contributed by atoms with van der Waals surface area (Å²) in [5.74, 6) is 1.50. The minimum absolute atomic E-state index is 0.437. The van der Waals surface area contributed by atoms with Crippen LogP contribution in [0.2, 0.25) is 0 Å². The van der Waals surface area contributed by atoms with Gasteiger partial charge in [-0.2, -0.15) is 0 Å². The van der Waals surface area contributed by atoms with Crippen LogP contribution in [0.5, 0.6) is 0 Å². The van der Waals surface area contributed by atoms with Crippen molar-refractivity contribution in [1.29, 1.82) is 0 Å². The number of aliphatic imine (C=N–C) groups is 1. The summed E-state index contributed by atoms with van der Waals surface area (Å²) in [5, 5.41) is 3.49. The molecule has 0 saturated carbocycles. The van der Waals surface area contributed by atoms with Gasteiger partial charge < -0.3 is 5.32 Å². The maximum atomic E-state index is 4.78. The Labute approximate surface area is 126 Å². The number of amidine groups is 1. The summed E-state index contributed by atoms with van der Waals surface area (Å²) in [7, 11) is 0. The van der Waals surface area contributed by atoms with Crippen molar-refractivity contribution in [1.82, 2.24) is 5.32 Å². The fourth-order valence-corrected chi connectivity index (χ4v) is 2.99. The van der Waals surface area contributed by atoms with E-state index in [2.05, 4.69) is 66.8 Å². The summed E-state index contributed by atoms with van der Waals surface area (Å²) in [6.45, 7) is 4.03. The molecule has 1 atom stereocenters. The Balaban J connectivity index is 2.00. The van der Waals surface area contributed by atoms with Crippen LogP contribution in [-0.4, -0.2) is 18.9 Å². The van der Waals surface area contributed by atoms with E-state index < -0.39 is 0 Å². The molecule has 0 amide bonds. The standard InChI is InChI=1S/C19H22N2/c1-2-13-20-19-18-11-7-6-10-17(18)16(12-14-21-19)15-8-4-3-5-9-15/h3-11,16H,2,12-14H2,1H3,(H,20,21). The third-order valence-corrected chi connectivity index (χ3v) is 4.02. The summed E-state index contributed by atoms with van der Waals surface area (Å²) >= 11 is 0. The van der Waals surface area contributed by atoms with Crippen molar-refractivity contribution >= 4 is 5.84 Å². The Morgan fingerprint density at radius 1 is 1.05 bits per heavy atom. The van der Waals surface area contributed by atoms with Crippen LogP contribution in [0.15, 0.2) is 59.6 Å². The van der Waals surface area contributed by atoms with Gasteiger partial charge in [0.25, 0.3) is 0 Å². The molecule has 1 N–H and O–H groups in total. The molecule has 0 saturated heterocycles. The molecule has 2 heteroatoms. The lowest BCUT2D eigenvalue weighted by Crippen LogP contribution is -2.26. The molecule has 0 aromatic heterocycles. The minimum Gasteiger partial charge on any atom is -0.370 e. The van der Waals surface area contributed by atoms with Crippen LogP contribution in [0.1, 0.15) is 42.4 Å². The molecule has 1 aliphatic rings. The van der Waals surface area contributed by atoms with Crippen molar-refractivity contribution in [2.24, 2.45) is 4.99 Å². The predicted octanol–water partition coefficient (Wildman–Crippen LogP) is 3.97. The van der Waals surface area contributed by atoms with E-state index in [1.807, 2.05) is 0 Å². The number of nitrogens with one attached hydrogen (secondary N) is 1. The number of rotatable bonds is 3. The molecule has 1 heterocycles. The first-order chi connectivity index (χ1) is 10.4. The molecule has 0 spiro atoms. The number of nitrogens with zero attached hydrogens (tertiary/aromatic N) is 1. The van der Waals surface area contributed by atoms with Crippen molar-refractivity contribution in [3.8, 4) is 0 Å². The van der Waals surface area contributed by atoms with Crippen LogP contribution >= 0.6 is 0 Å². The second-order valence-electron chi connectivity index (χ2n) is 5.50. The summed E-state index contributed by atoms with van der Waals surface area (Å²) in [5.41, 5.74) is 4.04. The van der Waals surface area contributed by atoms with Crippen LogP contribution in [0.4, 0.5) is 0 Å². The number of hydrogen-bond donors (Lipinski definition) is 1. The van der Waals surface area contributed by atoms with Crippen molar-refractivity contribution < 1.29 is 0 Å². The molecule has 1 aliphatic heterocycles. The van der Waals surface area contributed by atoms with Gasteiger partial charge in [-0.3, -0.25) is 4.99 Å². The molecule has 2 nitrogen and oxygen atoms in total. The van der Waals surface area contributed by atoms with Gasteiger partial charge in [0, 0.05) is 24.6 Å². The summed E-state index contributed by atoms with van der Waals surface area (Å²) in [6, 6.07) is 19.5. The first-order valence-electron chi connectivity index (χ1n) is 7.82. The molecule has 0 aliphatic carbocycles. The largest absolute Gasteiger partial charge is 0.370 e. The second kappa shape index (κ2) is 6.57. The van der Waals surface area contributed by atoms with Gasteiger partial charge in [0.05, 0.1) is 0 Å². The zero-order chi connectivity index (χ0) is 14.5. The average Bonchev–Trinajstić information content (AvgIpc) is 2.73. The molecule has 0 radical (unpaired) electrons. The van der Waals surface area contributed by atoms with Gasteiger partial charge in [-0.15, -0.1) is 0 Å². The highest BCUT2D eigenvalue weighted by Gasteiger charge is 2.21. The van der Waals surface area contributed by atoms with Gasteiger partial charge in [0.15, 0.2) is 0 Å². The lowest BCUT2D eigenvalue weighted by Gasteiger charge is -2.18. The van der Waals surface area contributed by atoms with E-state index in [0.717, 1.165) is 31.8 Å². The molecule has 2 aromatic rings. The van der Waals surface area contributed by atoms with Gasteiger partial charge in [0.1, 0.15) is 5.84 Å². The average molecular weight is 278 g/mol. The first kappa shape index (κ1) is 13.9. The highest BCUT2D eigenvalue weighted by Crippen LogP contribution is 2.32. The van der Waals surface area contributed by atoms with E-state index in [4.69, 9.17) is 4.99 Å². The molecule has 21 heavy (non-hydrogen) atoms. The monoisotopic (exact) mass is 278 g/mol. The molecule has 0 fully saturated rings. The number of hydrogen-bond acceptors (Lipinski definition) is 2. The Hall–Kier alpha value is -2.09. The van der Waals surface area contributed by atoms with E-state index >= 15 is 0 Å². The normalized spacial score (nSPS) is 17.6. The van der Waals surface area contributed by atoms with E-state index in [0.29, 0.717) is 5.92 Å². The lowest BCUT2D eigenvalue weighted by atomic mass is 9.86. The maximum Gasteiger partial charge on any atom is 0.128 e. The second-order valence-corrected chi connectivity index (χ2v) is 5.50. The number of benzene rings is 2. The SMILES string of the molecule is CCCNC1=NCCC(c2ccccc2)c2ccccc21. The topological polar surface area (TPSA) is 24.4 Å². The zero-order valence-corrected chi connectivity index (χ0v) is 12.5. The molecule has 0 bridgehead atoms. The van der Waals surface area contributed by atoms with E-state index in [9.17, 15) is 0 Å². The van der Waals surface area contributed by atoms with Gasteiger partial charge in [-0.25, -0.2) is 0 Å².